The van der Waals surface area contributed by atoms with Gasteiger partial charge in [-0.1, -0.05) is 66.2 Å². The van der Waals surface area contributed by atoms with Crippen LogP contribution in [-0.2, 0) is 4.79 Å². The fourth-order valence-corrected chi connectivity index (χ4v) is 5.52. The quantitative estimate of drug-likeness (QED) is 0.490. The Bertz CT molecular complexity index is 289. The Morgan fingerprint density at radius 3 is 2.35 bits per heavy atom. The predicted molar refractivity (Wildman–Crippen MR) is 107 cm³/mol. The van der Waals surface area contributed by atoms with E-state index in [1.165, 1.54) is 44.9 Å². The van der Waals surface area contributed by atoms with E-state index in [1.54, 1.807) is 0 Å². The van der Waals surface area contributed by atoms with Crippen LogP contribution in [0.25, 0.3) is 0 Å². The van der Waals surface area contributed by atoms with E-state index in [4.69, 9.17) is 0 Å². The summed E-state index contributed by atoms with van der Waals surface area (Å²) in [5.41, 5.74) is 1.21. The predicted octanol–water partition coefficient (Wildman–Crippen LogP) is 6.04. The maximum Gasteiger partial charge on any atom is 0.154 e. The molecule has 0 aromatic carbocycles. The van der Waals surface area contributed by atoms with Crippen LogP contribution in [0.3, 0.4) is 0 Å². The topological polar surface area (TPSA) is 29.1 Å². The highest BCUT2D eigenvalue weighted by Crippen LogP contribution is 2.46. The largest absolute Gasteiger partial charge is 0.320 e. The first-order valence-electron chi connectivity index (χ1n) is 9.98. The molecule has 1 N–H and O–H groups in total. The highest BCUT2D eigenvalue weighted by atomic mass is 31.1. The van der Waals surface area contributed by atoms with Gasteiger partial charge < -0.3 is 5.32 Å². The van der Waals surface area contributed by atoms with E-state index in [9.17, 15) is 4.79 Å². The second-order valence-electron chi connectivity index (χ2n) is 7.01. The average Bonchev–Trinajstić information content (AvgIpc) is 2.60. The molecule has 1 fully saturated rings. The van der Waals surface area contributed by atoms with Gasteiger partial charge in [-0.05, 0) is 58.5 Å². The molecule has 0 spiro atoms. The van der Waals surface area contributed by atoms with Crippen LogP contribution in [0.4, 0.5) is 0 Å². The van der Waals surface area contributed by atoms with Crippen molar-refractivity contribution in [2.45, 2.75) is 91.1 Å². The van der Waals surface area contributed by atoms with Crippen molar-refractivity contribution in [3.8, 4) is 0 Å². The van der Waals surface area contributed by atoms with Crippen LogP contribution in [0.5, 0.6) is 0 Å². The van der Waals surface area contributed by atoms with Crippen LogP contribution >= 0.6 is 7.92 Å². The first-order chi connectivity index (χ1) is 11.1. The highest BCUT2D eigenvalue weighted by Gasteiger charge is 2.27. The minimum absolute atomic E-state index is 0.459. The molecular weight excluding hydrogens is 301 g/mol. The minimum atomic E-state index is -0.459. The summed E-state index contributed by atoms with van der Waals surface area (Å²) in [7, 11) is 1.57. The van der Waals surface area contributed by atoms with Crippen molar-refractivity contribution in [3.63, 3.8) is 0 Å². The van der Waals surface area contributed by atoms with Crippen molar-refractivity contribution in [2.75, 3.05) is 20.3 Å². The van der Waals surface area contributed by atoms with Crippen LogP contribution in [0.15, 0.2) is 0 Å². The zero-order valence-electron chi connectivity index (χ0n) is 16.7. The van der Waals surface area contributed by atoms with Gasteiger partial charge in [-0.25, -0.2) is 0 Å². The summed E-state index contributed by atoms with van der Waals surface area (Å²) < 4.78 is 0. The van der Waals surface area contributed by atoms with E-state index >= 15 is 0 Å². The lowest BCUT2D eigenvalue weighted by Crippen LogP contribution is -2.22. The number of hydrogen-bond acceptors (Lipinski definition) is 2. The van der Waals surface area contributed by atoms with Crippen molar-refractivity contribution in [1.29, 1.82) is 0 Å². The van der Waals surface area contributed by atoms with Gasteiger partial charge in [0, 0.05) is 6.42 Å². The molecule has 1 saturated carbocycles. The smallest absolute Gasteiger partial charge is 0.154 e. The van der Waals surface area contributed by atoms with E-state index < -0.39 is 7.92 Å². The Kier molecular flexibility index (Phi) is 14.4. The normalized spacial score (nSPS) is 19.4. The number of rotatable bonds is 10. The molecule has 3 unspecified atom stereocenters. The maximum atomic E-state index is 12.6. The van der Waals surface area contributed by atoms with Crippen molar-refractivity contribution in [1.82, 2.24) is 5.32 Å². The zero-order chi connectivity index (χ0) is 17.7. The monoisotopic (exact) mass is 343 g/mol. The van der Waals surface area contributed by atoms with Gasteiger partial charge in [-0.15, -0.1) is 0 Å². The van der Waals surface area contributed by atoms with Crippen LogP contribution in [-0.4, -0.2) is 31.4 Å². The highest BCUT2D eigenvalue weighted by molar-refractivity contribution is 7.74. The minimum Gasteiger partial charge on any atom is -0.320 e. The fourth-order valence-electron chi connectivity index (χ4n) is 3.38. The fraction of sp³-hybridized carbons (Fsp3) is 0.950. The van der Waals surface area contributed by atoms with Crippen molar-refractivity contribution in [3.05, 3.63) is 0 Å². The summed E-state index contributed by atoms with van der Waals surface area (Å²) in [5, 5.41) is 3.28. The second kappa shape index (κ2) is 14.4. The molecule has 0 bridgehead atoms. The van der Waals surface area contributed by atoms with E-state index in [2.05, 4.69) is 25.8 Å². The lowest BCUT2D eigenvalue weighted by atomic mass is 9.85. The molecular formula is C20H42NOP. The van der Waals surface area contributed by atoms with Gasteiger partial charge in [-0.3, -0.25) is 4.79 Å². The molecule has 0 amide bonds. The summed E-state index contributed by atoms with van der Waals surface area (Å²) in [6, 6.07) is 0. The SMILES string of the molecule is CC.CCC(C)CC(=O)P(C)C(CCNC)CC1CCCCC1. The summed E-state index contributed by atoms with van der Waals surface area (Å²) in [6.07, 6.45) is 11.5. The third-order valence-electron chi connectivity index (χ3n) is 5.22. The second-order valence-corrected chi connectivity index (χ2v) is 9.46. The molecule has 1 aliphatic carbocycles. The molecule has 0 heterocycles. The van der Waals surface area contributed by atoms with Crippen molar-refractivity contribution < 1.29 is 4.79 Å². The third kappa shape index (κ3) is 9.82. The Balaban J connectivity index is 0.00000232. The van der Waals surface area contributed by atoms with E-state index in [0.29, 0.717) is 17.1 Å². The van der Waals surface area contributed by atoms with Crippen LogP contribution in [0, 0.1) is 11.8 Å². The molecule has 1 aliphatic rings. The molecule has 0 aromatic rings. The summed E-state index contributed by atoms with van der Waals surface area (Å²) in [4.78, 5) is 12.6. The van der Waals surface area contributed by atoms with E-state index in [1.807, 2.05) is 20.9 Å². The molecule has 3 atom stereocenters. The van der Waals surface area contributed by atoms with Gasteiger partial charge in [0.25, 0.3) is 0 Å². The van der Waals surface area contributed by atoms with E-state index in [-0.39, 0.29) is 0 Å². The molecule has 2 nitrogen and oxygen atoms in total. The molecule has 138 valence electrons. The van der Waals surface area contributed by atoms with Gasteiger partial charge in [0.1, 0.15) is 0 Å². The summed E-state index contributed by atoms with van der Waals surface area (Å²) >= 11 is 0. The number of carbonyl (C=O) groups excluding carboxylic acids is 1. The number of nitrogens with one attached hydrogen (secondary N) is 1. The first kappa shape index (κ1) is 23.1. The standard InChI is InChI=1S/C18H36NOP.C2H6/c1-5-15(2)13-18(20)21(4)17(11-12-19-3)14-16-9-7-6-8-10-16;1-2/h15-17,19H,5-14H2,1-4H3;1-2H3. The van der Waals surface area contributed by atoms with Crippen LogP contribution < -0.4 is 5.32 Å². The van der Waals surface area contributed by atoms with Gasteiger partial charge in [0.15, 0.2) is 5.52 Å². The number of hydrogen-bond donors (Lipinski definition) is 1. The molecule has 1 rings (SSSR count). The summed E-state index contributed by atoms with van der Waals surface area (Å²) in [6.45, 7) is 11.7. The number of carbonyl (C=O) groups is 1. The molecule has 0 aromatic heterocycles. The van der Waals surface area contributed by atoms with Crippen molar-refractivity contribution >= 4 is 13.4 Å². The van der Waals surface area contributed by atoms with Gasteiger partial charge in [0.2, 0.25) is 0 Å². The first-order valence-corrected chi connectivity index (χ1v) is 11.8. The third-order valence-corrected chi connectivity index (χ3v) is 7.75. The lowest BCUT2D eigenvalue weighted by Gasteiger charge is -2.30. The maximum absolute atomic E-state index is 12.6. The van der Waals surface area contributed by atoms with Crippen molar-refractivity contribution in [2.24, 2.45) is 11.8 Å². The molecule has 0 radical (unpaired) electrons. The van der Waals surface area contributed by atoms with E-state index in [0.717, 1.165) is 25.3 Å². The molecule has 3 heteroatoms. The average molecular weight is 344 g/mol. The Hall–Kier alpha value is 0.0600. The zero-order valence-corrected chi connectivity index (χ0v) is 17.6. The Morgan fingerprint density at radius 1 is 1.22 bits per heavy atom. The molecule has 23 heavy (non-hydrogen) atoms. The summed E-state index contributed by atoms with van der Waals surface area (Å²) in [5.74, 6) is 1.45. The van der Waals surface area contributed by atoms with Crippen LogP contribution in [0.2, 0.25) is 0 Å². The Morgan fingerprint density at radius 2 is 1.83 bits per heavy atom. The van der Waals surface area contributed by atoms with Gasteiger partial charge >= 0.3 is 0 Å². The Labute approximate surface area is 147 Å². The van der Waals surface area contributed by atoms with Gasteiger partial charge in [-0.2, -0.15) is 0 Å². The molecule has 0 saturated heterocycles. The van der Waals surface area contributed by atoms with Gasteiger partial charge in [0.05, 0.1) is 0 Å². The molecule has 0 aliphatic heterocycles. The van der Waals surface area contributed by atoms with Crippen LogP contribution in [0.1, 0.15) is 85.5 Å². The lowest BCUT2D eigenvalue weighted by molar-refractivity contribution is -0.112.